The van der Waals surface area contributed by atoms with Crippen molar-refractivity contribution in [3.8, 4) is 0 Å². The van der Waals surface area contributed by atoms with Gasteiger partial charge in [0.25, 0.3) is 0 Å². The number of nitrogens with zero attached hydrogens (tertiary/aromatic N) is 3. The number of hydrogen-bond donors (Lipinski definition) is 0. The fourth-order valence-corrected chi connectivity index (χ4v) is 4.18. The number of aromatic nitrogens is 2. The van der Waals surface area contributed by atoms with Gasteiger partial charge in [0.05, 0.1) is 0 Å². The highest BCUT2D eigenvalue weighted by Crippen LogP contribution is 2.60. The van der Waals surface area contributed by atoms with Crippen LogP contribution in [0.3, 0.4) is 0 Å². The first-order valence-corrected chi connectivity index (χ1v) is 8.02. The standard InChI is InChI=1S/C16H27N3/c1-3-5-6-8-14-11-16(12-15(16)19(14)4-2)13-18-10-7-9-17-18/h7,9-10,14-15H,3-6,8,11-13H2,1-2H3/t14-,15-,16+/m1/s1. The van der Waals surface area contributed by atoms with E-state index in [1.54, 1.807) is 0 Å². The molecule has 0 radical (unpaired) electrons. The average Bonchev–Trinajstić information content (AvgIpc) is 2.77. The van der Waals surface area contributed by atoms with Crippen molar-refractivity contribution in [2.45, 2.75) is 71.0 Å². The predicted molar refractivity (Wildman–Crippen MR) is 78.0 cm³/mol. The summed E-state index contributed by atoms with van der Waals surface area (Å²) in [6, 6.07) is 3.72. The molecule has 1 aliphatic carbocycles. The van der Waals surface area contributed by atoms with Crippen molar-refractivity contribution in [3.05, 3.63) is 18.5 Å². The highest BCUT2D eigenvalue weighted by atomic mass is 15.3. The van der Waals surface area contributed by atoms with Crippen molar-refractivity contribution in [1.29, 1.82) is 0 Å². The molecule has 0 bridgehead atoms. The predicted octanol–water partition coefficient (Wildman–Crippen LogP) is 3.32. The van der Waals surface area contributed by atoms with Gasteiger partial charge in [-0.25, -0.2) is 0 Å². The second-order valence-corrected chi connectivity index (χ2v) is 6.47. The molecule has 3 nitrogen and oxygen atoms in total. The first-order chi connectivity index (χ1) is 9.29. The van der Waals surface area contributed by atoms with Gasteiger partial charge in [-0.2, -0.15) is 5.10 Å². The van der Waals surface area contributed by atoms with Gasteiger partial charge in [-0.1, -0.05) is 33.1 Å². The van der Waals surface area contributed by atoms with E-state index in [4.69, 9.17) is 0 Å². The second kappa shape index (κ2) is 5.28. The molecule has 1 aromatic heterocycles. The van der Waals surface area contributed by atoms with Crippen LogP contribution in [-0.4, -0.2) is 33.3 Å². The summed E-state index contributed by atoms with van der Waals surface area (Å²) in [6.45, 7) is 6.98. The van der Waals surface area contributed by atoms with Crippen LogP contribution in [-0.2, 0) is 6.54 Å². The minimum atomic E-state index is 0.554. The lowest BCUT2D eigenvalue weighted by molar-refractivity contribution is 0.214. The highest BCUT2D eigenvalue weighted by Gasteiger charge is 2.63. The molecule has 0 aromatic carbocycles. The van der Waals surface area contributed by atoms with Gasteiger partial charge in [-0.15, -0.1) is 0 Å². The second-order valence-electron chi connectivity index (χ2n) is 6.47. The summed E-state index contributed by atoms with van der Waals surface area (Å²) in [5, 5.41) is 4.40. The number of hydrogen-bond acceptors (Lipinski definition) is 2. The molecule has 0 spiro atoms. The van der Waals surface area contributed by atoms with E-state index in [-0.39, 0.29) is 0 Å². The minimum Gasteiger partial charge on any atom is -0.297 e. The Labute approximate surface area is 117 Å². The van der Waals surface area contributed by atoms with Gasteiger partial charge in [0, 0.05) is 36.4 Å². The molecule has 0 N–H and O–H groups in total. The summed E-state index contributed by atoms with van der Waals surface area (Å²) in [5.41, 5.74) is 0.554. The molecule has 0 amide bonds. The summed E-state index contributed by atoms with van der Waals surface area (Å²) in [6.07, 6.45) is 12.3. The molecule has 106 valence electrons. The van der Waals surface area contributed by atoms with Crippen molar-refractivity contribution in [1.82, 2.24) is 14.7 Å². The average molecular weight is 261 g/mol. The Kier molecular flexibility index (Phi) is 3.66. The quantitative estimate of drug-likeness (QED) is 0.702. The van der Waals surface area contributed by atoms with Gasteiger partial charge in [0.15, 0.2) is 0 Å². The lowest BCUT2D eigenvalue weighted by Gasteiger charge is -2.26. The maximum absolute atomic E-state index is 4.40. The third-order valence-electron chi connectivity index (χ3n) is 5.20. The molecule has 0 unspecified atom stereocenters. The Morgan fingerprint density at radius 1 is 1.26 bits per heavy atom. The molecule has 3 rings (SSSR count). The summed E-state index contributed by atoms with van der Waals surface area (Å²) in [5.74, 6) is 0. The molecular formula is C16H27N3. The maximum atomic E-state index is 4.40. The van der Waals surface area contributed by atoms with Crippen LogP contribution in [0.25, 0.3) is 0 Å². The minimum absolute atomic E-state index is 0.554. The van der Waals surface area contributed by atoms with Crippen LogP contribution in [0.1, 0.15) is 52.4 Å². The molecule has 1 saturated heterocycles. The smallest absolute Gasteiger partial charge is 0.0489 e. The van der Waals surface area contributed by atoms with Crippen molar-refractivity contribution in [3.63, 3.8) is 0 Å². The molecule has 1 saturated carbocycles. The molecular weight excluding hydrogens is 234 g/mol. The Morgan fingerprint density at radius 2 is 2.16 bits per heavy atom. The van der Waals surface area contributed by atoms with Gasteiger partial charge in [-0.05, 0) is 31.9 Å². The summed E-state index contributed by atoms with van der Waals surface area (Å²) in [4.78, 5) is 2.78. The molecule has 2 aliphatic rings. The van der Waals surface area contributed by atoms with Crippen LogP contribution in [0.5, 0.6) is 0 Å². The van der Waals surface area contributed by atoms with Crippen molar-refractivity contribution in [2.24, 2.45) is 5.41 Å². The largest absolute Gasteiger partial charge is 0.297 e. The Hall–Kier alpha value is -0.830. The normalized spacial score (nSPS) is 33.6. The van der Waals surface area contributed by atoms with Crippen LogP contribution in [0.15, 0.2) is 18.5 Å². The van der Waals surface area contributed by atoms with Gasteiger partial charge < -0.3 is 0 Å². The van der Waals surface area contributed by atoms with E-state index >= 15 is 0 Å². The third-order valence-corrected chi connectivity index (χ3v) is 5.20. The van der Waals surface area contributed by atoms with E-state index in [0.29, 0.717) is 5.41 Å². The molecule has 19 heavy (non-hydrogen) atoms. The zero-order valence-electron chi connectivity index (χ0n) is 12.4. The first kappa shape index (κ1) is 13.2. The van der Waals surface area contributed by atoms with Crippen LogP contribution in [0.2, 0.25) is 0 Å². The van der Waals surface area contributed by atoms with Crippen LogP contribution >= 0.6 is 0 Å². The van der Waals surface area contributed by atoms with Crippen molar-refractivity contribution >= 4 is 0 Å². The van der Waals surface area contributed by atoms with Crippen molar-refractivity contribution in [2.75, 3.05) is 6.54 Å². The Balaban J connectivity index is 1.61. The van der Waals surface area contributed by atoms with Gasteiger partial charge in [-0.3, -0.25) is 9.58 Å². The monoisotopic (exact) mass is 261 g/mol. The molecule has 2 heterocycles. The third kappa shape index (κ3) is 2.45. The lowest BCUT2D eigenvalue weighted by Crippen LogP contribution is -2.32. The summed E-state index contributed by atoms with van der Waals surface area (Å²) >= 11 is 0. The summed E-state index contributed by atoms with van der Waals surface area (Å²) in [7, 11) is 0. The van der Waals surface area contributed by atoms with Crippen molar-refractivity contribution < 1.29 is 0 Å². The van der Waals surface area contributed by atoms with Crippen LogP contribution in [0, 0.1) is 5.41 Å². The fraction of sp³-hybridized carbons (Fsp3) is 0.812. The van der Waals surface area contributed by atoms with E-state index in [0.717, 1.165) is 18.6 Å². The zero-order valence-corrected chi connectivity index (χ0v) is 12.4. The number of unbranched alkanes of at least 4 members (excludes halogenated alkanes) is 2. The van der Waals surface area contributed by atoms with E-state index in [1.807, 2.05) is 12.3 Å². The van der Waals surface area contributed by atoms with E-state index in [9.17, 15) is 0 Å². The zero-order chi connectivity index (χ0) is 13.3. The SMILES string of the molecule is CCCCC[C@@H]1C[C@@]2(Cn3cccn3)C[C@H]2N1CC. The Morgan fingerprint density at radius 3 is 2.84 bits per heavy atom. The maximum Gasteiger partial charge on any atom is 0.0489 e. The summed E-state index contributed by atoms with van der Waals surface area (Å²) < 4.78 is 2.14. The van der Waals surface area contributed by atoms with E-state index < -0.39 is 0 Å². The fourth-order valence-electron chi connectivity index (χ4n) is 4.18. The van der Waals surface area contributed by atoms with E-state index in [2.05, 4.69) is 34.7 Å². The Bertz CT molecular complexity index is 400. The van der Waals surface area contributed by atoms with Gasteiger partial charge in [0.2, 0.25) is 0 Å². The van der Waals surface area contributed by atoms with Gasteiger partial charge in [0.1, 0.15) is 0 Å². The molecule has 3 atom stereocenters. The molecule has 1 aromatic rings. The molecule has 3 heteroatoms. The number of likely N-dealkylation sites (tertiary alicyclic amines) is 1. The number of fused-ring (bicyclic) bond motifs is 1. The number of rotatable bonds is 7. The topological polar surface area (TPSA) is 21.1 Å². The van der Waals surface area contributed by atoms with Crippen LogP contribution in [0.4, 0.5) is 0 Å². The number of piperidine rings is 1. The van der Waals surface area contributed by atoms with E-state index in [1.165, 1.54) is 45.1 Å². The first-order valence-electron chi connectivity index (χ1n) is 8.02. The lowest BCUT2D eigenvalue weighted by atomic mass is 9.96. The van der Waals surface area contributed by atoms with Crippen LogP contribution < -0.4 is 0 Å². The van der Waals surface area contributed by atoms with Gasteiger partial charge >= 0.3 is 0 Å². The molecule has 2 fully saturated rings. The molecule has 1 aliphatic heterocycles. The highest BCUT2D eigenvalue weighted by molar-refractivity contribution is 5.16.